The average molecular weight is 493 g/mol. The highest BCUT2D eigenvalue weighted by molar-refractivity contribution is 6.37. The maximum absolute atomic E-state index is 13.3. The number of amides is 1. The molecule has 1 amide bonds. The highest BCUT2D eigenvalue weighted by Gasteiger charge is 2.29. The van der Waals surface area contributed by atoms with Gasteiger partial charge in [-0.3, -0.25) is 9.69 Å². The number of carbonyl (C=O) groups excluding carboxylic acids is 1. The van der Waals surface area contributed by atoms with E-state index in [1.165, 1.54) is 24.5 Å². The Labute approximate surface area is 215 Å². The lowest BCUT2D eigenvalue weighted by Gasteiger charge is -2.18. The standard InChI is InChI=1S/C30H28N4O3/c1-33-14-11-20-16-21(8-10-26(20)33)28(27-24-17-22(30(36)37)7-9-25(24)32-29(27)35)31-23-6-4-5-19(15-23)18-34-12-2-3-13-34/h4-11,14-17,31H,2-3,12-13,18H2,1H3,(H,32,35)(H,36,37)/b28-27-. The van der Waals surface area contributed by atoms with E-state index in [2.05, 4.69) is 38.3 Å². The SMILES string of the molecule is Cn1ccc2cc(/C(Nc3cccc(CN4CCCC4)c3)=C3/C(=O)Nc4ccc(C(=O)O)cc43)ccc21. The number of aromatic nitrogens is 1. The van der Waals surface area contributed by atoms with Gasteiger partial charge in [-0.1, -0.05) is 18.2 Å². The number of nitrogens with one attached hydrogen (secondary N) is 2. The highest BCUT2D eigenvalue weighted by atomic mass is 16.4. The Bertz CT molecular complexity index is 1580. The molecule has 0 radical (unpaired) electrons. The topological polar surface area (TPSA) is 86.6 Å². The maximum atomic E-state index is 13.3. The first-order valence-electron chi connectivity index (χ1n) is 12.5. The van der Waals surface area contributed by atoms with Crippen LogP contribution in [0, 0.1) is 0 Å². The first-order chi connectivity index (χ1) is 18.0. The summed E-state index contributed by atoms with van der Waals surface area (Å²) in [6.07, 6.45) is 4.49. The predicted molar refractivity (Wildman–Crippen MR) is 146 cm³/mol. The molecule has 3 N–H and O–H groups in total. The van der Waals surface area contributed by atoms with Crippen LogP contribution in [0.4, 0.5) is 11.4 Å². The second-order valence-corrected chi connectivity index (χ2v) is 9.78. The Hall–Kier alpha value is -4.36. The Kier molecular flexibility index (Phi) is 5.77. The van der Waals surface area contributed by atoms with E-state index in [0.717, 1.165) is 41.8 Å². The van der Waals surface area contributed by atoms with E-state index in [-0.39, 0.29) is 11.5 Å². The van der Waals surface area contributed by atoms with Crippen LogP contribution in [0.3, 0.4) is 0 Å². The van der Waals surface area contributed by atoms with Crippen molar-refractivity contribution < 1.29 is 14.7 Å². The van der Waals surface area contributed by atoms with Gasteiger partial charge in [-0.15, -0.1) is 0 Å². The number of carbonyl (C=O) groups is 2. The number of hydrogen-bond acceptors (Lipinski definition) is 4. The van der Waals surface area contributed by atoms with Crippen LogP contribution in [-0.4, -0.2) is 39.5 Å². The Morgan fingerprint density at radius 3 is 2.62 bits per heavy atom. The number of benzene rings is 3. The molecule has 186 valence electrons. The Morgan fingerprint density at radius 1 is 1.00 bits per heavy atom. The van der Waals surface area contributed by atoms with E-state index in [0.29, 0.717) is 22.5 Å². The van der Waals surface area contributed by atoms with Crippen LogP contribution < -0.4 is 10.6 Å². The lowest BCUT2D eigenvalue weighted by Crippen LogP contribution is -2.18. The van der Waals surface area contributed by atoms with Gasteiger partial charge in [-0.2, -0.15) is 0 Å². The van der Waals surface area contributed by atoms with E-state index in [1.807, 2.05) is 43.6 Å². The summed E-state index contributed by atoms with van der Waals surface area (Å²) < 4.78 is 2.05. The number of nitrogens with zero attached hydrogens (tertiary/aromatic N) is 2. The van der Waals surface area contributed by atoms with Gasteiger partial charge < -0.3 is 20.3 Å². The minimum atomic E-state index is -1.03. The van der Waals surface area contributed by atoms with Gasteiger partial charge in [0.05, 0.1) is 16.8 Å². The van der Waals surface area contributed by atoms with Gasteiger partial charge in [0.2, 0.25) is 0 Å². The number of aryl methyl sites for hydroxylation is 1. The van der Waals surface area contributed by atoms with Gasteiger partial charge in [0.25, 0.3) is 5.91 Å². The second kappa shape index (κ2) is 9.26. The fourth-order valence-electron chi connectivity index (χ4n) is 5.36. The van der Waals surface area contributed by atoms with Crippen molar-refractivity contribution in [3.05, 3.63) is 95.2 Å². The molecule has 0 spiro atoms. The smallest absolute Gasteiger partial charge is 0.335 e. The molecule has 2 aliphatic heterocycles. The van der Waals surface area contributed by atoms with E-state index in [9.17, 15) is 14.7 Å². The fraction of sp³-hybridized carbons (Fsp3) is 0.200. The van der Waals surface area contributed by atoms with Gasteiger partial charge in [-0.25, -0.2) is 4.79 Å². The number of hydrogen-bond donors (Lipinski definition) is 3. The van der Waals surface area contributed by atoms with Crippen molar-refractivity contribution in [3.63, 3.8) is 0 Å². The van der Waals surface area contributed by atoms with Crippen molar-refractivity contribution >= 4 is 45.4 Å². The van der Waals surface area contributed by atoms with Crippen LogP contribution in [0.25, 0.3) is 22.2 Å². The van der Waals surface area contributed by atoms with Gasteiger partial charge in [0.15, 0.2) is 0 Å². The van der Waals surface area contributed by atoms with E-state index < -0.39 is 5.97 Å². The first-order valence-corrected chi connectivity index (χ1v) is 12.5. The minimum absolute atomic E-state index is 0.137. The zero-order valence-electron chi connectivity index (χ0n) is 20.6. The number of carboxylic acid groups (broad SMARTS) is 1. The molecular formula is C30H28N4O3. The lowest BCUT2D eigenvalue weighted by molar-refractivity contribution is -0.110. The zero-order chi connectivity index (χ0) is 25.5. The highest BCUT2D eigenvalue weighted by Crippen LogP contribution is 2.39. The van der Waals surface area contributed by atoms with Crippen LogP contribution >= 0.6 is 0 Å². The van der Waals surface area contributed by atoms with Crippen molar-refractivity contribution in [1.82, 2.24) is 9.47 Å². The molecule has 7 nitrogen and oxygen atoms in total. The van der Waals surface area contributed by atoms with Crippen LogP contribution in [0.2, 0.25) is 0 Å². The molecule has 0 unspecified atom stereocenters. The minimum Gasteiger partial charge on any atom is -0.478 e. The average Bonchev–Trinajstić information content (AvgIpc) is 3.61. The third-order valence-electron chi connectivity index (χ3n) is 7.24. The summed E-state index contributed by atoms with van der Waals surface area (Å²) in [7, 11) is 2.00. The summed E-state index contributed by atoms with van der Waals surface area (Å²) in [5.41, 5.74) is 6.41. The number of carboxylic acids is 1. The molecule has 3 heterocycles. The molecule has 1 saturated heterocycles. The summed E-state index contributed by atoms with van der Waals surface area (Å²) in [4.78, 5) is 27.5. The summed E-state index contributed by atoms with van der Waals surface area (Å²) in [6.45, 7) is 3.13. The van der Waals surface area contributed by atoms with E-state index in [4.69, 9.17) is 0 Å². The zero-order valence-corrected chi connectivity index (χ0v) is 20.6. The number of anilines is 2. The summed E-state index contributed by atoms with van der Waals surface area (Å²) in [5.74, 6) is -1.29. The summed E-state index contributed by atoms with van der Waals surface area (Å²) in [5, 5.41) is 17.1. The molecular weight excluding hydrogens is 464 g/mol. The molecule has 37 heavy (non-hydrogen) atoms. The first kappa shape index (κ1) is 23.1. The molecule has 4 aromatic rings. The molecule has 3 aromatic carbocycles. The van der Waals surface area contributed by atoms with Crippen molar-refractivity contribution in [2.45, 2.75) is 19.4 Å². The Balaban J connectivity index is 1.48. The predicted octanol–water partition coefficient (Wildman–Crippen LogP) is 5.40. The van der Waals surface area contributed by atoms with E-state index in [1.54, 1.807) is 12.1 Å². The van der Waals surface area contributed by atoms with Gasteiger partial charge in [0, 0.05) is 47.6 Å². The van der Waals surface area contributed by atoms with Crippen LogP contribution in [-0.2, 0) is 18.4 Å². The monoisotopic (exact) mass is 492 g/mol. The summed E-state index contributed by atoms with van der Waals surface area (Å²) >= 11 is 0. The molecule has 6 rings (SSSR count). The van der Waals surface area contributed by atoms with Gasteiger partial charge in [0.1, 0.15) is 0 Å². The maximum Gasteiger partial charge on any atom is 0.335 e. The number of rotatable bonds is 6. The van der Waals surface area contributed by atoms with Gasteiger partial charge >= 0.3 is 5.97 Å². The quantitative estimate of drug-likeness (QED) is 0.314. The van der Waals surface area contributed by atoms with Gasteiger partial charge in [-0.05, 0) is 85.6 Å². The van der Waals surface area contributed by atoms with Crippen molar-refractivity contribution in [3.8, 4) is 0 Å². The Morgan fingerprint density at radius 2 is 1.81 bits per heavy atom. The molecule has 0 saturated carbocycles. The van der Waals surface area contributed by atoms with Crippen molar-refractivity contribution in [1.29, 1.82) is 0 Å². The molecule has 7 heteroatoms. The van der Waals surface area contributed by atoms with E-state index >= 15 is 0 Å². The normalized spacial score (nSPS) is 16.6. The molecule has 0 atom stereocenters. The molecule has 0 bridgehead atoms. The molecule has 0 aliphatic carbocycles. The number of likely N-dealkylation sites (tertiary alicyclic amines) is 1. The van der Waals surface area contributed by atoms with Crippen molar-refractivity contribution in [2.75, 3.05) is 23.7 Å². The second-order valence-electron chi connectivity index (χ2n) is 9.78. The summed E-state index contributed by atoms with van der Waals surface area (Å²) in [6, 6.07) is 21.2. The molecule has 1 fully saturated rings. The third-order valence-corrected chi connectivity index (χ3v) is 7.24. The molecule has 2 aliphatic rings. The molecule has 1 aromatic heterocycles. The fourth-order valence-corrected chi connectivity index (χ4v) is 5.36. The van der Waals surface area contributed by atoms with Crippen LogP contribution in [0.1, 0.15) is 39.9 Å². The van der Waals surface area contributed by atoms with Crippen LogP contribution in [0.5, 0.6) is 0 Å². The largest absolute Gasteiger partial charge is 0.478 e. The lowest BCUT2D eigenvalue weighted by atomic mass is 9.97. The number of fused-ring (bicyclic) bond motifs is 2. The number of aromatic carboxylic acids is 1. The van der Waals surface area contributed by atoms with Crippen LogP contribution in [0.15, 0.2) is 72.9 Å². The third kappa shape index (κ3) is 4.38. The van der Waals surface area contributed by atoms with Crippen molar-refractivity contribution in [2.24, 2.45) is 7.05 Å².